The van der Waals surface area contributed by atoms with E-state index in [-0.39, 0.29) is 30.7 Å². The first-order valence-corrected chi connectivity index (χ1v) is 9.48. The highest BCUT2D eigenvalue weighted by molar-refractivity contribution is 5.87. The zero-order valence-corrected chi connectivity index (χ0v) is 18.0. The van der Waals surface area contributed by atoms with Crippen molar-refractivity contribution in [3.63, 3.8) is 0 Å². The van der Waals surface area contributed by atoms with Crippen molar-refractivity contribution in [3.05, 3.63) is 71.3 Å². The molecule has 1 unspecified atom stereocenters. The summed E-state index contributed by atoms with van der Waals surface area (Å²) < 4.78 is 0. The van der Waals surface area contributed by atoms with Crippen LogP contribution in [0.2, 0.25) is 0 Å². The minimum Gasteiger partial charge on any atom is -0.350 e. The average Bonchev–Trinajstić information content (AvgIpc) is 2.68. The van der Waals surface area contributed by atoms with Crippen LogP contribution in [0.4, 0.5) is 0 Å². The molecule has 2 aromatic rings. The van der Waals surface area contributed by atoms with Gasteiger partial charge in [0, 0.05) is 13.1 Å². The molecule has 0 spiro atoms. The number of likely N-dealkylation sites (tertiary alicyclic amines) is 1. The molecule has 1 atom stereocenters. The lowest BCUT2D eigenvalue weighted by Gasteiger charge is -2.26. The molecular formula is C22H31Cl2N3O. The third-order valence-corrected chi connectivity index (χ3v) is 5.18. The van der Waals surface area contributed by atoms with Crippen molar-refractivity contribution >= 4 is 30.7 Å². The van der Waals surface area contributed by atoms with Crippen LogP contribution in [0.3, 0.4) is 0 Å². The average molecular weight is 424 g/mol. The Hall–Kier alpha value is -1.59. The Labute approximate surface area is 180 Å². The van der Waals surface area contributed by atoms with Crippen molar-refractivity contribution in [1.82, 2.24) is 10.2 Å². The smallest absolute Gasteiger partial charge is 0.244 e. The second-order valence-electron chi connectivity index (χ2n) is 7.40. The summed E-state index contributed by atoms with van der Waals surface area (Å²) in [4.78, 5) is 15.0. The summed E-state index contributed by atoms with van der Waals surface area (Å²) >= 11 is 0. The number of carbonyl (C=O) groups is 1. The van der Waals surface area contributed by atoms with Gasteiger partial charge in [-0.3, -0.25) is 9.69 Å². The summed E-state index contributed by atoms with van der Waals surface area (Å²) in [5.74, 6) is -0.166. The lowest BCUT2D eigenvalue weighted by atomic mass is 9.92. The highest BCUT2D eigenvalue weighted by Crippen LogP contribution is 2.18. The molecule has 1 heterocycles. The van der Waals surface area contributed by atoms with Gasteiger partial charge in [0.15, 0.2) is 0 Å². The fraction of sp³-hybridized carbons (Fsp3) is 0.409. The van der Waals surface area contributed by atoms with Crippen LogP contribution >= 0.6 is 24.8 Å². The molecule has 28 heavy (non-hydrogen) atoms. The van der Waals surface area contributed by atoms with Gasteiger partial charge in [0.1, 0.15) is 5.54 Å². The van der Waals surface area contributed by atoms with Crippen LogP contribution in [0, 0.1) is 0 Å². The first-order chi connectivity index (χ1) is 12.6. The first kappa shape index (κ1) is 24.4. The molecule has 1 aliphatic heterocycles. The number of nitrogens with two attached hydrogens (primary N) is 1. The highest BCUT2D eigenvalue weighted by atomic mass is 35.5. The molecule has 3 N–H and O–H groups in total. The van der Waals surface area contributed by atoms with Crippen molar-refractivity contribution in [3.8, 4) is 0 Å². The lowest BCUT2D eigenvalue weighted by Crippen LogP contribution is -2.48. The third kappa shape index (κ3) is 6.49. The minimum absolute atomic E-state index is 0. The van der Waals surface area contributed by atoms with Crippen molar-refractivity contribution in [2.75, 3.05) is 13.1 Å². The van der Waals surface area contributed by atoms with Crippen LogP contribution in [-0.4, -0.2) is 23.9 Å². The van der Waals surface area contributed by atoms with Gasteiger partial charge in [0.2, 0.25) is 5.91 Å². The van der Waals surface area contributed by atoms with Crippen molar-refractivity contribution < 1.29 is 4.79 Å². The quantitative estimate of drug-likeness (QED) is 0.737. The van der Waals surface area contributed by atoms with Gasteiger partial charge in [-0.25, -0.2) is 0 Å². The molecule has 1 saturated heterocycles. The molecule has 0 saturated carbocycles. The molecule has 3 rings (SSSR count). The molecule has 154 valence electrons. The van der Waals surface area contributed by atoms with E-state index in [9.17, 15) is 4.79 Å². The molecule has 0 aliphatic carbocycles. The lowest BCUT2D eigenvalue weighted by molar-refractivity contribution is -0.126. The number of nitrogens with one attached hydrogen (secondary N) is 1. The van der Waals surface area contributed by atoms with E-state index in [4.69, 9.17) is 5.73 Å². The number of amides is 1. The van der Waals surface area contributed by atoms with E-state index in [2.05, 4.69) is 34.5 Å². The molecule has 0 bridgehead atoms. The monoisotopic (exact) mass is 423 g/mol. The van der Waals surface area contributed by atoms with Gasteiger partial charge < -0.3 is 11.1 Å². The summed E-state index contributed by atoms with van der Waals surface area (Å²) in [5, 5.41) is 2.96. The Morgan fingerprint density at radius 1 is 0.964 bits per heavy atom. The van der Waals surface area contributed by atoms with Gasteiger partial charge in [0.05, 0.1) is 0 Å². The number of benzene rings is 2. The van der Waals surface area contributed by atoms with Crippen LogP contribution < -0.4 is 11.1 Å². The fourth-order valence-corrected chi connectivity index (χ4v) is 3.42. The Kier molecular flexibility index (Phi) is 9.97. The standard InChI is InChI=1S/C22H29N3O.2ClH/c1-22(23,20-8-4-2-5-9-20)21(26)24-16-18-10-12-19(13-11-18)17-25-14-6-3-7-15-25;;/h2,4-5,8-13H,3,6-7,14-17,23H2,1H3,(H,24,26);2*1H. The van der Waals surface area contributed by atoms with Gasteiger partial charge in [-0.1, -0.05) is 61.0 Å². The molecule has 1 aliphatic rings. The molecule has 1 fully saturated rings. The third-order valence-electron chi connectivity index (χ3n) is 5.18. The van der Waals surface area contributed by atoms with E-state index in [0.717, 1.165) is 17.7 Å². The maximum atomic E-state index is 12.5. The van der Waals surface area contributed by atoms with Crippen LogP contribution in [0.1, 0.15) is 42.9 Å². The van der Waals surface area contributed by atoms with Crippen molar-refractivity contribution in [1.29, 1.82) is 0 Å². The van der Waals surface area contributed by atoms with Crippen LogP contribution in [0.25, 0.3) is 0 Å². The number of nitrogens with zero attached hydrogens (tertiary/aromatic N) is 1. The zero-order valence-electron chi connectivity index (χ0n) is 16.4. The summed E-state index contributed by atoms with van der Waals surface area (Å²) in [6, 6.07) is 18.0. The molecule has 2 aromatic carbocycles. The predicted octanol–water partition coefficient (Wildman–Crippen LogP) is 4.01. The highest BCUT2D eigenvalue weighted by Gasteiger charge is 2.29. The van der Waals surface area contributed by atoms with Gasteiger partial charge in [0.25, 0.3) is 0 Å². The van der Waals surface area contributed by atoms with E-state index in [1.165, 1.54) is 37.9 Å². The van der Waals surface area contributed by atoms with E-state index < -0.39 is 5.54 Å². The second-order valence-corrected chi connectivity index (χ2v) is 7.40. The number of carbonyl (C=O) groups excluding carboxylic acids is 1. The molecule has 0 aromatic heterocycles. The fourth-order valence-electron chi connectivity index (χ4n) is 3.42. The Morgan fingerprint density at radius 3 is 2.14 bits per heavy atom. The van der Waals surface area contributed by atoms with Crippen molar-refractivity contribution in [2.24, 2.45) is 5.73 Å². The SMILES string of the molecule is CC(N)(C(=O)NCc1ccc(CN2CCCCC2)cc1)c1ccccc1.Cl.Cl. The van der Waals surface area contributed by atoms with Crippen LogP contribution in [-0.2, 0) is 23.4 Å². The number of piperidine rings is 1. The largest absolute Gasteiger partial charge is 0.350 e. The number of rotatable bonds is 6. The summed E-state index contributed by atoms with van der Waals surface area (Å²) in [7, 11) is 0. The van der Waals surface area contributed by atoms with Gasteiger partial charge in [-0.15, -0.1) is 24.8 Å². The molecule has 0 radical (unpaired) electrons. The van der Waals surface area contributed by atoms with E-state index >= 15 is 0 Å². The normalized spacial score (nSPS) is 16.2. The predicted molar refractivity (Wildman–Crippen MR) is 120 cm³/mol. The Balaban J connectivity index is 0.00000196. The van der Waals surface area contributed by atoms with Gasteiger partial charge >= 0.3 is 0 Å². The topological polar surface area (TPSA) is 58.4 Å². The van der Waals surface area contributed by atoms with Crippen molar-refractivity contribution in [2.45, 2.75) is 44.8 Å². The van der Waals surface area contributed by atoms with Crippen LogP contribution in [0.15, 0.2) is 54.6 Å². The number of hydrogen-bond acceptors (Lipinski definition) is 3. The molecule has 1 amide bonds. The zero-order chi connectivity index (χ0) is 18.4. The maximum Gasteiger partial charge on any atom is 0.244 e. The molecule has 4 nitrogen and oxygen atoms in total. The van der Waals surface area contributed by atoms with E-state index in [1.54, 1.807) is 6.92 Å². The van der Waals surface area contributed by atoms with Gasteiger partial charge in [-0.2, -0.15) is 0 Å². The molecular weight excluding hydrogens is 393 g/mol. The van der Waals surface area contributed by atoms with E-state index in [1.807, 2.05) is 30.3 Å². The summed E-state index contributed by atoms with van der Waals surface area (Å²) in [5.41, 5.74) is 8.45. The second kappa shape index (κ2) is 11.4. The van der Waals surface area contributed by atoms with E-state index in [0.29, 0.717) is 6.54 Å². The summed E-state index contributed by atoms with van der Waals surface area (Å²) in [6.45, 7) is 5.65. The Bertz CT molecular complexity index is 714. The molecule has 6 heteroatoms. The van der Waals surface area contributed by atoms with Crippen LogP contribution in [0.5, 0.6) is 0 Å². The first-order valence-electron chi connectivity index (χ1n) is 9.48. The number of hydrogen-bond donors (Lipinski definition) is 2. The summed E-state index contributed by atoms with van der Waals surface area (Å²) in [6.07, 6.45) is 3.98. The Morgan fingerprint density at radius 2 is 1.54 bits per heavy atom. The maximum absolute atomic E-state index is 12.5. The minimum atomic E-state index is -1.03. The number of halogens is 2. The van der Waals surface area contributed by atoms with Gasteiger partial charge in [-0.05, 0) is 49.5 Å².